The zero-order valence-corrected chi connectivity index (χ0v) is 10.3. The molecule has 0 aliphatic carbocycles. The lowest BCUT2D eigenvalue weighted by Gasteiger charge is -2.04. The Kier molecular flexibility index (Phi) is 3.47. The van der Waals surface area contributed by atoms with E-state index in [1.54, 1.807) is 31.3 Å². The van der Waals surface area contributed by atoms with Crippen LogP contribution < -0.4 is 0 Å². The molecule has 1 aromatic heterocycles. The van der Waals surface area contributed by atoms with Gasteiger partial charge in [0, 0.05) is 12.3 Å². The quantitative estimate of drug-likeness (QED) is 0.679. The van der Waals surface area contributed by atoms with Gasteiger partial charge in [-0.2, -0.15) is 0 Å². The van der Waals surface area contributed by atoms with Gasteiger partial charge >= 0.3 is 5.69 Å². The predicted molar refractivity (Wildman–Crippen MR) is 67.9 cm³/mol. The van der Waals surface area contributed by atoms with Crippen molar-refractivity contribution in [2.45, 2.75) is 16.8 Å². The Morgan fingerprint density at radius 1 is 1.39 bits per heavy atom. The summed E-state index contributed by atoms with van der Waals surface area (Å²) in [5.41, 5.74) is 0.673. The van der Waals surface area contributed by atoms with Crippen LogP contribution in [0.3, 0.4) is 0 Å². The Bertz CT molecular complexity index is 602. The first-order chi connectivity index (χ1) is 8.58. The van der Waals surface area contributed by atoms with Crippen molar-refractivity contribution in [3.05, 3.63) is 52.2 Å². The van der Waals surface area contributed by atoms with Crippen LogP contribution >= 0.6 is 11.8 Å². The molecule has 0 aliphatic rings. The molecule has 0 bridgehead atoms. The van der Waals surface area contributed by atoms with Gasteiger partial charge in [0.15, 0.2) is 5.03 Å². The summed E-state index contributed by atoms with van der Waals surface area (Å²) in [7, 11) is 0. The maximum atomic E-state index is 10.9. The van der Waals surface area contributed by atoms with Crippen LogP contribution in [0.15, 0.2) is 46.5 Å². The molecule has 0 fully saturated rings. The van der Waals surface area contributed by atoms with Gasteiger partial charge in [0.1, 0.15) is 5.75 Å². The Morgan fingerprint density at radius 2 is 2.11 bits per heavy atom. The summed E-state index contributed by atoms with van der Waals surface area (Å²) in [6, 6.07) is 8.13. The number of nitro groups is 1. The van der Waals surface area contributed by atoms with E-state index in [0.29, 0.717) is 4.90 Å². The predicted octanol–water partition coefficient (Wildman–Crippen LogP) is 3.16. The standard InChI is InChI=1S/C12H10N2O3S/c1-8-6-9(14(16)17)12(13-7-8)18-11-5-3-2-4-10(11)15/h2-7,15H,1H3. The minimum absolute atomic E-state index is 0.0525. The largest absolute Gasteiger partial charge is 0.507 e. The number of benzene rings is 1. The number of pyridine rings is 1. The highest BCUT2D eigenvalue weighted by Gasteiger charge is 2.17. The monoisotopic (exact) mass is 262 g/mol. The van der Waals surface area contributed by atoms with E-state index in [1.165, 1.54) is 12.1 Å². The van der Waals surface area contributed by atoms with E-state index in [1.807, 2.05) is 0 Å². The molecule has 2 rings (SSSR count). The topological polar surface area (TPSA) is 76.3 Å². The number of para-hydroxylation sites is 1. The fraction of sp³-hybridized carbons (Fsp3) is 0.0833. The molecule has 0 saturated heterocycles. The van der Waals surface area contributed by atoms with Crippen LogP contribution in [0.1, 0.15) is 5.56 Å². The molecule has 0 radical (unpaired) electrons. The summed E-state index contributed by atoms with van der Waals surface area (Å²) in [4.78, 5) is 15.1. The average Bonchev–Trinajstić information content (AvgIpc) is 2.34. The fourth-order valence-corrected chi connectivity index (χ4v) is 2.27. The maximum Gasteiger partial charge on any atom is 0.301 e. The second-order valence-electron chi connectivity index (χ2n) is 3.66. The Balaban J connectivity index is 2.41. The van der Waals surface area contributed by atoms with Crippen molar-refractivity contribution in [2.24, 2.45) is 0 Å². The Hall–Kier alpha value is -2.08. The molecule has 1 heterocycles. The Labute approximate surface area is 108 Å². The van der Waals surface area contributed by atoms with E-state index < -0.39 is 4.92 Å². The minimum atomic E-state index is -0.470. The molecule has 18 heavy (non-hydrogen) atoms. The van der Waals surface area contributed by atoms with Crippen LogP contribution in [0.4, 0.5) is 5.69 Å². The molecule has 1 aromatic carbocycles. The summed E-state index contributed by atoms with van der Waals surface area (Å²) in [5.74, 6) is 0.0826. The van der Waals surface area contributed by atoms with E-state index in [-0.39, 0.29) is 16.5 Å². The minimum Gasteiger partial charge on any atom is -0.507 e. The van der Waals surface area contributed by atoms with Gasteiger partial charge in [-0.15, -0.1) is 0 Å². The van der Waals surface area contributed by atoms with E-state index in [2.05, 4.69) is 4.98 Å². The number of hydrogen-bond donors (Lipinski definition) is 1. The number of nitrogens with zero attached hydrogens (tertiary/aromatic N) is 2. The number of phenols is 1. The third-order valence-electron chi connectivity index (χ3n) is 2.24. The van der Waals surface area contributed by atoms with E-state index in [0.717, 1.165) is 17.3 Å². The van der Waals surface area contributed by atoms with Crippen LogP contribution in [0.25, 0.3) is 0 Å². The van der Waals surface area contributed by atoms with Gasteiger partial charge < -0.3 is 5.11 Å². The molecule has 0 saturated carbocycles. The molecule has 0 atom stereocenters. The molecule has 0 unspecified atom stereocenters. The van der Waals surface area contributed by atoms with E-state index in [4.69, 9.17) is 0 Å². The highest BCUT2D eigenvalue weighted by atomic mass is 32.2. The molecule has 0 amide bonds. The summed E-state index contributed by atoms with van der Waals surface area (Å²) >= 11 is 1.08. The molecule has 92 valence electrons. The lowest BCUT2D eigenvalue weighted by molar-refractivity contribution is -0.388. The molecule has 0 aliphatic heterocycles. The molecular weight excluding hydrogens is 252 g/mol. The van der Waals surface area contributed by atoms with Crippen molar-refractivity contribution in [1.29, 1.82) is 0 Å². The van der Waals surface area contributed by atoms with Gasteiger partial charge in [-0.25, -0.2) is 4.98 Å². The van der Waals surface area contributed by atoms with Crippen molar-refractivity contribution in [3.63, 3.8) is 0 Å². The van der Waals surface area contributed by atoms with Crippen molar-refractivity contribution < 1.29 is 10.0 Å². The number of hydrogen-bond acceptors (Lipinski definition) is 5. The van der Waals surface area contributed by atoms with Gasteiger partial charge in [0.05, 0.1) is 9.82 Å². The number of phenolic OH excluding ortho intramolecular Hbond substituents is 1. The number of aromatic nitrogens is 1. The molecule has 0 spiro atoms. The molecule has 5 nitrogen and oxygen atoms in total. The summed E-state index contributed by atoms with van der Waals surface area (Å²) in [6.07, 6.45) is 1.56. The smallest absolute Gasteiger partial charge is 0.301 e. The summed E-state index contributed by atoms with van der Waals surface area (Å²) in [5, 5.41) is 20.8. The molecule has 1 N–H and O–H groups in total. The van der Waals surface area contributed by atoms with Crippen molar-refractivity contribution in [1.82, 2.24) is 4.98 Å². The summed E-state index contributed by atoms with van der Waals surface area (Å²) in [6.45, 7) is 1.74. The number of aromatic hydroxyl groups is 1. The summed E-state index contributed by atoms with van der Waals surface area (Å²) < 4.78 is 0. The van der Waals surface area contributed by atoms with Crippen LogP contribution in [-0.4, -0.2) is 15.0 Å². The SMILES string of the molecule is Cc1cnc(Sc2ccccc2O)c([N+](=O)[O-])c1. The lowest BCUT2D eigenvalue weighted by Crippen LogP contribution is -1.94. The second kappa shape index (κ2) is 5.05. The van der Waals surface area contributed by atoms with Gasteiger partial charge in [-0.1, -0.05) is 23.9 Å². The Morgan fingerprint density at radius 3 is 2.78 bits per heavy atom. The van der Waals surface area contributed by atoms with E-state index in [9.17, 15) is 15.2 Å². The highest BCUT2D eigenvalue weighted by molar-refractivity contribution is 7.99. The van der Waals surface area contributed by atoms with Gasteiger partial charge in [-0.05, 0) is 24.6 Å². The lowest BCUT2D eigenvalue weighted by atomic mass is 10.3. The normalized spacial score (nSPS) is 10.3. The highest BCUT2D eigenvalue weighted by Crippen LogP contribution is 2.37. The number of aryl methyl sites for hydroxylation is 1. The van der Waals surface area contributed by atoms with Gasteiger partial charge in [0.25, 0.3) is 0 Å². The zero-order valence-electron chi connectivity index (χ0n) is 9.53. The van der Waals surface area contributed by atoms with Crippen molar-refractivity contribution in [3.8, 4) is 5.75 Å². The van der Waals surface area contributed by atoms with Crippen LogP contribution in [-0.2, 0) is 0 Å². The number of rotatable bonds is 3. The first-order valence-corrected chi connectivity index (χ1v) is 5.96. The van der Waals surface area contributed by atoms with Crippen LogP contribution in [0.5, 0.6) is 5.75 Å². The molecular formula is C12H10N2O3S. The third-order valence-corrected chi connectivity index (χ3v) is 3.31. The third kappa shape index (κ3) is 2.60. The zero-order chi connectivity index (χ0) is 13.1. The second-order valence-corrected chi connectivity index (χ2v) is 4.69. The maximum absolute atomic E-state index is 10.9. The van der Waals surface area contributed by atoms with Crippen molar-refractivity contribution >= 4 is 17.4 Å². The van der Waals surface area contributed by atoms with Crippen molar-refractivity contribution in [2.75, 3.05) is 0 Å². The first-order valence-electron chi connectivity index (χ1n) is 5.15. The van der Waals surface area contributed by atoms with Gasteiger partial charge in [-0.3, -0.25) is 10.1 Å². The van der Waals surface area contributed by atoms with Gasteiger partial charge in [0.2, 0.25) is 0 Å². The first kappa shape index (κ1) is 12.4. The van der Waals surface area contributed by atoms with Crippen LogP contribution in [0, 0.1) is 17.0 Å². The van der Waals surface area contributed by atoms with E-state index >= 15 is 0 Å². The molecule has 2 aromatic rings. The van der Waals surface area contributed by atoms with Crippen LogP contribution in [0.2, 0.25) is 0 Å². The average molecular weight is 262 g/mol. The molecule has 6 heteroatoms. The fourth-order valence-electron chi connectivity index (χ4n) is 1.40.